The van der Waals surface area contributed by atoms with Crippen LogP contribution in [-0.4, -0.2) is 30.0 Å². The monoisotopic (exact) mass is 437 g/mol. The van der Waals surface area contributed by atoms with Crippen LogP contribution in [0.4, 0.5) is 5.69 Å². The van der Waals surface area contributed by atoms with Gasteiger partial charge in [0.1, 0.15) is 11.9 Å². The molecule has 2 aromatic rings. The van der Waals surface area contributed by atoms with Crippen LogP contribution in [0.5, 0.6) is 5.75 Å². The van der Waals surface area contributed by atoms with Gasteiger partial charge in [0, 0.05) is 35.5 Å². The fourth-order valence-corrected chi connectivity index (χ4v) is 5.72. The van der Waals surface area contributed by atoms with Gasteiger partial charge in [0.25, 0.3) is 5.91 Å². The Balaban J connectivity index is 1.49. The fraction of sp³-hybridized carbons (Fsp3) is 0.440. The second-order valence-electron chi connectivity index (χ2n) is 9.93. The first-order valence-corrected chi connectivity index (χ1v) is 10.9. The first-order chi connectivity index (χ1) is 14.5. The number of benzene rings is 2. The molecule has 4 rings (SSSR count). The van der Waals surface area contributed by atoms with Crippen LogP contribution in [0.2, 0.25) is 5.02 Å². The summed E-state index contributed by atoms with van der Waals surface area (Å²) in [6.45, 7) is 17.4. The summed E-state index contributed by atoms with van der Waals surface area (Å²) in [7, 11) is 2.09. The average Bonchev–Trinajstić information content (AvgIpc) is 3.08. The number of rotatable bonds is 4. The van der Waals surface area contributed by atoms with Crippen LogP contribution in [0.1, 0.15) is 49.2 Å². The largest absolute Gasteiger partial charge is 0.489 e. The molecule has 0 spiro atoms. The molecular formula is C25H28ClN3O2. The van der Waals surface area contributed by atoms with E-state index in [1.54, 1.807) is 18.2 Å². The van der Waals surface area contributed by atoms with E-state index >= 15 is 0 Å². The molecule has 1 fully saturated rings. The predicted molar refractivity (Wildman–Crippen MR) is 123 cm³/mol. The van der Waals surface area contributed by atoms with E-state index in [0.717, 1.165) is 13.1 Å². The van der Waals surface area contributed by atoms with E-state index in [4.69, 9.17) is 22.9 Å². The van der Waals surface area contributed by atoms with Crippen molar-refractivity contribution in [2.75, 3.05) is 7.05 Å². The van der Waals surface area contributed by atoms with Gasteiger partial charge < -0.3 is 10.1 Å². The van der Waals surface area contributed by atoms with Gasteiger partial charge in [-0.1, -0.05) is 51.4 Å². The highest BCUT2D eigenvalue weighted by atomic mass is 35.5. The van der Waals surface area contributed by atoms with E-state index in [1.807, 2.05) is 12.1 Å². The van der Waals surface area contributed by atoms with Gasteiger partial charge >= 0.3 is 0 Å². The summed E-state index contributed by atoms with van der Waals surface area (Å²) < 4.78 is 6.31. The SMILES string of the molecule is [C-]#[N+]c1ccc(OC2C(C)(C)C(NC(=O)c3ccc4c(c3)CN(C)C4)C2(C)C)cc1Cl. The summed E-state index contributed by atoms with van der Waals surface area (Å²) in [5.74, 6) is 0.586. The topological polar surface area (TPSA) is 45.9 Å². The number of nitrogens with zero attached hydrogens (tertiary/aromatic N) is 2. The molecule has 6 heteroatoms. The number of halogens is 1. The second-order valence-corrected chi connectivity index (χ2v) is 10.3. The quantitative estimate of drug-likeness (QED) is 0.647. The minimum absolute atomic E-state index is 0.0496. The van der Waals surface area contributed by atoms with Gasteiger partial charge in [0.05, 0.1) is 11.6 Å². The lowest BCUT2D eigenvalue weighted by atomic mass is 9.49. The summed E-state index contributed by atoms with van der Waals surface area (Å²) in [5, 5.41) is 3.65. The number of ether oxygens (including phenoxy) is 1. The Bertz CT molecular complexity index is 1070. The van der Waals surface area contributed by atoms with E-state index in [0.29, 0.717) is 22.0 Å². The number of hydrogen-bond acceptors (Lipinski definition) is 3. The molecular weight excluding hydrogens is 410 g/mol. The van der Waals surface area contributed by atoms with E-state index in [9.17, 15) is 4.79 Å². The molecule has 0 bridgehead atoms. The predicted octanol–water partition coefficient (Wildman–Crippen LogP) is 5.45. The summed E-state index contributed by atoms with van der Waals surface area (Å²) in [6.07, 6.45) is -0.117. The van der Waals surface area contributed by atoms with Gasteiger partial charge in [-0.3, -0.25) is 9.69 Å². The number of amides is 1. The van der Waals surface area contributed by atoms with Crippen LogP contribution in [-0.2, 0) is 13.1 Å². The number of carbonyl (C=O) groups excluding carboxylic acids is 1. The summed E-state index contributed by atoms with van der Waals surface area (Å²) in [4.78, 5) is 18.7. The van der Waals surface area contributed by atoms with Crippen LogP contribution in [0, 0.1) is 17.4 Å². The third kappa shape index (κ3) is 3.69. The molecule has 1 saturated carbocycles. The highest BCUT2D eigenvalue weighted by Gasteiger charge is 2.64. The van der Waals surface area contributed by atoms with Gasteiger partial charge in [-0.25, -0.2) is 4.85 Å². The van der Waals surface area contributed by atoms with Gasteiger partial charge in [0.15, 0.2) is 0 Å². The molecule has 0 radical (unpaired) electrons. The van der Waals surface area contributed by atoms with Crippen molar-refractivity contribution in [1.29, 1.82) is 0 Å². The van der Waals surface area contributed by atoms with E-state index in [1.165, 1.54) is 11.1 Å². The second kappa shape index (κ2) is 7.55. The van der Waals surface area contributed by atoms with Crippen LogP contribution in [0.25, 0.3) is 4.85 Å². The minimum Gasteiger partial charge on any atom is -0.489 e. The molecule has 31 heavy (non-hydrogen) atoms. The zero-order valence-electron chi connectivity index (χ0n) is 18.6. The van der Waals surface area contributed by atoms with Gasteiger partial charge in [0.2, 0.25) is 5.69 Å². The van der Waals surface area contributed by atoms with Crippen molar-refractivity contribution in [2.45, 2.75) is 52.9 Å². The molecule has 0 saturated heterocycles. The third-order valence-electron chi connectivity index (χ3n) is 6.76. The van der Waals surface area contributed by atoms with E-state index in [-0.39, 0.29) is 28.9 Å². The first-order valence-electron chi connectivity index (χ1n) is 10.5. The fourth-order valence-electron chi connectivity index (χ4n) is 5.51. The van der Waals surface area contributed by atoms with Gasteiger partial charge in [-0.15, -0.1) is 0 Å². The van der Waals surface area contributed by atoms with Crippen LogP contribution < -0.4 is 10.1 Å². The Kier molecular flexibility index (Phi) is 5.28. The van der Waals surface area contributed by atoms with Crippen LogP contribution in [0.3, 0.4) is 0 Å². The first kappa shape index (κ1) is 21.7. The highest BCUT2D eigenvalue weighted by Crippen LogP contribution is 2.55. The van der Waals surface area contributed by atoms with Crippen molar-refractivity contribution >= 4 is 23.2 Å². The molecule has 5 nitrogen and oxygen atoms in total. The van der Waals surface area contributed by atoms with Gasteiger partial charge in [-0.2, -0.15) is 0 Å². The maximum atomic E-state index is 13.1. The number of carbonyl (C=O) groups is 1. The number of fused-ring (bicyclic) bond motifs is 1. The standard InChI is InChI=1S/C25H28ClN3O2/c1-24(2)22(28-21(30)15-7-8-16-13-29(6)14-17(16)11-15)25(3,4)23(24)31-18-9-10-20(27-5)19(26)12-18/h7-12,22-23H,13-14H2,1-4,6H3,(H,28,30). The van der Waals surface area contributed by atoms with Crippen LogP contribution in [0.15, 0.2) is 36.4 Å². The molecule has 0 atom stereocenters. The molecule has 2 aromatic carbocycles. The van der Waals surface area contributed by atoms with Crippen molar-refractivity contribution < 1.29 is 9.53 Å². The van der Waals surface area contributed by atoms with Crippen molar-refractivity contribution in [3.05, 3.63) is 69.5 Å². The Morgan fingerprint density at radius 3 is 2.45 bits per heavy atom. The molecule has 1 amide bonds. The lowest BCUT2D eigenvalue weighted by molar-refractivity contribution is -0.164. The zero-order chi connectivity index (χ0) is 22.6. The summed E-state index contributed by atoms with van der Waals surface area (Å²) in [5.41, 5.74) is 3.07. The van der Waals surface area contributed by atoms with Crippen LogP contribution >= 0.6 is 11.6 Å². The molecule has 0 unspecified atom stereocenters. The zero-order valence-corrected chi connectivity index (χ0v) is 19.4. The van der Waals surface area contributed by atoms with Crippen molar-refractivity contribution in [1.82, 2.24) is 10.2 Å². The molecule has 2 aliphatic rings. The normalized spacial score (nSPS) is 23.4. The lowest BCUT2D eigenvalue weighted by Gasteiger charge is -2.63. The number of nitrogens with one attached hydrogen (secondary N) is 1. The molecule has 162 valence electrons. The molecule has 0 aromatic heterocycles. The van der Waals surface area contributed by atoms with Crippen molar-refractivity contribution in [3.63, 3.8) is 0 Å². The number of hydrogen-bond donors (Lipinski definition) is 1. The maximum absolute atomic E-state index is 13.1. The third-order valence-corrected chi connectivity index (χ3v) is 7.06. The van der Waals surface area contributed by atoms with Crippen molar-refractivity contribution in [2.24, 2.45) is 10.8 Å². The Hall–Kier alpha value is -2.55. The van der Waals surface area contributed by atoms with E-state index < -0.39 is 0 Å². The molecule has 1 aliphatic heterocycles. The summed E-state index contributed by atoms with van der Waals surface area (Å²) in [6, 6.07) is 11.1. The van der Waals surface area contributed by atoms with Gasteiger partial charge in [-0.05, 0) is 42.4 Å². The van der Waals surface area contributed by atoms with E-state index in [2.05, 4.69) is 55.9 Å². The molecule has 1 heterocycles. The Morgan fingerprint density at radius 1 is 1.13 bits per heavy atom. The lowest BCUT2D eigenvalue weighted by Crippen LogP contribution is -2.74. The van der Waals surface area contributed by atoms with Crippen molar-refractivity contribution in [3.8, 4) is 5.75 Å². The summed E-state index contributed by atoms with van der Waals surface area (Å²) >= 11 is 6.18. The minimum atomic E-state index is -0.277. The Labute approximate surface area is 189 Å². The Morgan fingerprint density at radius 2 is 1.81 bits per heavy atom. The highest BCUT2D eigenvalue weighted by molar-refractivity contribution is 6.33. The smallest absolute Gasteiger partial charge is 0.251 e. The average molecular weight is 438 g/mol. The molecule has 1 aliphatic carbocycles. The maximum Gasteiger partial charge on any atom is 0.251 e. The molecule has 1 N–H and O–H groups in total.